The van der Waals surface area contributed by atoms with Crippen molar-refractivity contribution in [1.29, 1.82) is 0 Å². The van der Waals surface area contributed by atoms with Crippen LogP contribution in [0.2, 0.25) is 0 Å². The van der Waals surface area contributed by atoms with Crippen LogP contribution in [0.3, 0.4) is 0 Å². The van der Waals surface area contributed by atoms with Gasteiger partial charge in [-0.15, -0.1) is 0 Å². The standard InChI is InChI=1S/C17H17FN2O/c1-21-17-9-15-14(8-13(17)18)19-10-16-12-5-3-2-4-11(12)6-7-20(15)16/h2-5,8-9,16,19H,6-7,10H2,1H3. The Labute approximate surface area is 123 Å². The number of rotatable bonds is 1. The predicted molar refractivity (Wildman–Crippen MR) is 81.7 cm³/mol. The zero-order valence-electron chi connectivity index (χ0n) is 11.9. The summed E-state index contributed by atoms with van der Waals surface area (Å²) in [7, 11) is 1.50. The van der Waals surface area contributed by atoms with E-state index in [1.165, 1.54) is 24.3 Å². The molecule has 0 spiro atoms. The largest absolute Gasteiger partial charge is 0.494 e. The molecule has 0 radical (unpaired) electrons. The molecule has 0 amide bonds. The van der Waals surface area contributed by atoms with Gasteiger partial charge in [-0.25, -0.2) is 4.39 Å². The Balaban J connectivity index is 1.81. The quantitative estimate of drug-likeness (QED) is 0.869. The molecule has 2 aliphatic rings. The van der Waals surface area contributed by atoms with Crippen molar-refractivity contribution in [3.8, 4) is 5.75 Å². The third-order valence-electron chi connectivity index (χ3n) is 4.48. The van der Waals surface area contributed by atoms with Gasteiger partial charge in [0.2, 0.25) is 0 Å². The van der Waals surface area contributed by atoms with Crippen LogP contribution in [-0.2, 0) is 6.42 Å². The van der Waals surface area contributed by atoms with Gasteiger partial charge in [0.25, 0.3) is 0 Å². The van der Waals surface area contributed by atoms with Gasteiger partial charge in [0.05, 0.1) is 24.5 Å². The fourth-order valence-electron chi connectivity index (χ4n) is 3.45. The lowest BCUT2D eigenvalue weighted by Crippen LogP contribution is -2.42. The molecule has 3 nitrogen and oxygen atoms in total. The van der Waals surface area contributed by atoms with Crippen molar-refractivity contribution in [2.24, 2.45) is 0 Å². The van der Waals surface area contributed by atoms with Crippen LogP contribution in [0.25, 0.3) is 0 Å². The monoisotopic (exact) mass is 284 g/mol. The lowest BCUT2D eigenvalue weighted by Gasteiger charge is -2.43. The first-order chi connectivity index (χ1) is 10.3. The Morgan fingerprint density at radius 2 is 2.14 bits per heavy atom. The van der Waals surface area contributed by atoms with E-state index in [9.17, 15) is 4.39 Å². The molecule has 2 aromatic carbocycles. The van der Waals surface area contributed by atoms with Crippen molar-refractivity contribution in [2.45, 2.75) is 12.5 Å². The summed E-state index contributed by atoms with van der Waals surface area (Å²) in [6, 6.07) is 12.2. The van der Waals surface area contributed by atoms with Crippen LogP contribution >= 0.6 is 0 Å². The van der Waals surface area contributed by atoms with Gasteiger partial charge in [0.1, 0.15) is 0 Å². The molecule has 1 unspecified atom stereocenters. The molecule has 0 aromatic heterocycles. The summed E-state index contributed by atoms with van der Waals surface area (Å²) >= 11 is 0. The number of anilines is 2. The normalized spacial score (nSPS) is 19.1. The molecule has 4 heteroatoms. The second-order valence-corrected chi connectivity index (χ2v) is 5.54. The predicted octanol–water partition coefficient (Wildman–Crippen LogP) is 3.36. The lowest BCUT2D eigenvalue weighted by atomic mass is 9.90. The average molecular weight is 284 g/mol. The van der Waals surface area contributed by atoms with Crippen LogP contribution in [0.5, 0.6) is 5.75 Å². The summed E-state index contributed by atoms with van der Waals surface area (Å²) in [6.45, 7) is 1.75. The average Bonchev–Trinajstić information content (AvgIpc) is 2.53. The molecule has 1 atom stereocenters. The summed E-state index contributed by atoms with van der Waals surface area (Å²) in [5, 5.41) is 3.36. The Morgan fingerprint density at radius 3 is 3.00 bits per heavy atom. The van der Waals surface area contributed by atoms with E-state index in [1.54, 1.807) is 6.07 Å². The highest BCUT2D eigenvalue weighted by Gasteiger charge is 2.32. The number of hydrogen-bond donors (Lipinski definition) is 1. The molecule has 21 heavy (non-hydrogen) atoms. The summed E-state index contributed by atoms with van der Waals surface area (Å²) in [5.74, 6) is -0.0188. The number of ether oxygens (including phenoxy) is 1. The van der Waals surface area contributed by atoms with Crippen molar-refractivity contribution >= 4 is 11.4 Å². The van der Waals surface area contributed by atoms with Crippen molar-refractivity contribution in [3.63, 3.8) is 0 Å². The van der Waals surface area contributed by atoms with Crippen LogP contribution in [-0.4, -0.2) is 20.2 Å². The minimum absolute atomic E-state index is 0.301. The van der Waals surface area contributed by atoms with Gasteiger partial charge in [-0.2, -0.15) is 0 Å². The summed E-state index contributed by atoms with van der Waals surface area (Å²) in [4.78, 5) is 2.36. The Hall–Kier alpha value is -2.23. The van der Waals surface area contributed by atoms with Crippen molar-refractivity contribution < 1.29 is 9.13 Å². The van der Waals surface area contributed by atoms with Crippen LogP contribution in [0.15, 0.2) is 36.4 Å². The molecule has 0 aliphatic carbocycles. The van der Waals surface area contributed by atoms with Gasteiger partial charge < -0.3 is 15.0 Å². The maximum Gasteiger partial charge on any atom is 0.167 e. The van der Waals surface area contributed by atoms with Crippen LogP contribution in [0, 0.1) is 5.82 Å². The second-order valence-electron chi connectivity index (χ2n) is 5.54. The van der Waals surface area contributed by atoms with Crippen LogP contribution in [0.1, 0.15) is 17.2 Å². The first-order valence-electron chi connectivity index (χ1n) is 7.24. The third-order valence-corrected chi connectivity index (χ3v) is 4.48. The number of nitrogens with one attached hydrogen (secondary N) is 1. The van der Waals surface area contributed by atoms with Crippen LogP contribution in [0.4, 0.5) is 15.8 Å². The van der Waals surface area contributed by atoms with Gasteiger partial charge in [-0.3, -0.25) is 0 Å². The zero-order chi connectivity index (χ0) is 14.4. The zero-order valence-corrected chi connectivity index (χ0v) is 11.9. The van der Waals surface area contributed by atoms with E-state index in [2.05, 4.69) is 34.5 Å². The molecule has 0 saturated carbocycles. The highest BCUT2D eigenvalue weighted by Crippen LogP contribution is 2.43. The highest BCUT2D eigenvalue weighted by molar-refractivity contribution is 5.76. The second kappa shape index (κ2) is 4.65. The molecule has 0 fully saturated rings. The number of methoxy groups -OCH3 is 1. The molecular weight excluding hydrogens is 267 g/mol. The molecule has 2 aromatic rings. The minimum Gasteiger partial charge on any atom is -0.494 e. The Bertz CT molecular complexity index is 701. The van der Waals surface area contributed by atoms with Crippen LogP contribution < -0.4 is 15.0 Å². The van der Waals surface area contributed by atoms with E-state index in [-0.39, 0.29) is 5.82 Å². The molecule has 1 N–H and O–H groups in total. The Morgan fingerprint density at radius 1 is 1.29 bits per heavy atom. The van der Waals surface area contributed by atoms with E-state index in [1.807, 2.05) is 0 Å². The van der Waals surface area contributed by atoms with E-state index in [0.717, 1.165) is 30.9 Å². The van der Waals surface area contributed by atoms with Crippen molar-refractivity contribution in [2.75, 3.05) is 30.4 Å². The van der Waals surface area contributed by atoms with Gasteiger partial charge >= 0.3 is 0 Å². The van der Waals surface area contributed by atoms with E-state index in [0.29, 0.717) is 11.8 Å². The fraction of sp³-hybridized carbons (Fsp3) is 0.294. The topological polar surface area (TPSA) is 24.5 Å². The molecule has 2 heterocycles. The first kappa shape index (κ1) is 12.5. The fourth-order valence-corrected chi connectivity index (χ4v) is 3.45. The lowest BCUT2D eigenvalue weighted by molar-refractivity contribution is 0.386. The molecular formula is C17H17FN2O. The van der Waals surface area contributed by atoms with E-state index in [4.69, 9.17) is 4.74 Å². The van der Waals surface area contributed by atoms with Gasteiger partial charge in [-0.05, 0) is 17.5 Å². The minimum atomic E-state index is -0.320. The smallest absolute Gasteiger partial charge is 0.167 e. The molecule has 2 aliphatic heterocycles. The molecule has 0 bridgehead atoms. The maximum atomic E-state index is 13.9. The maximum absolute atomic E-state index is 13.9. The number of hydrogen-bond acceptors (Lipinski definition) is 3. The SMILES string of the molecule is COc1cc2c(cc1F)NCC1c3ccccc3CCN21. The highest BCUT2D eigenvalue weighted by atomic mass is 19.1. The van der Waals surface area contributed by atoms with Gasteiger partial charge in [-0.1, -0.05) is 24.3 Å². The first-order valence-corrected chi connectivity index (χ1v) is 7.24. The molecule has 0 saturated heterocycles. The van der Waals surface area contributed by atoms with E-state index < -0.39 is 0 Å². The molecule has 4 rings (SSSR count). The third kappa shape index (κ3) is 1.86. The summed E-state index contributed by atoms with van der Waals surface area (Å²) in [5.41, 5.74) is 4.66. The number of fused-ring (bicyclic) bond motifs is 5. The van der Waals surface area contributed by atoms with Gasteiger partial charge in [0.15, 0.2) is 11.6 Å². The van der Waals surface area contributed by atoms with E-state index >= 15 is 0 Å². The van der Waals surface area contributed by atoms with Crippen molar-refractivity contribution in [1.82, 2.24) is 0 Å². The Kier molecular flexibility index (Phi) is 2.77. The summed E-state index contributed by atoms with van der Waals surface area (Å²) < 4.78 is 19.0. The number of nitrogens with zero attached hydrogens (tertiary/aromatic N) is 1. The number of benzene rings is 2. The molecule has 108 valence electrons. The van der Waals surface area contributed by atoms with Gasteiger partial charge in [0, 0.05) is 25.2 Å². The summed E-state index contributed by atoms with van der Waals surface area (Å²) in [6.07, 6.45) is 1.02. The van der Waals surface area contributed by atoms with Crippen molar-refractivity contribution in [3.05, 3.63) is 53.3 Å². The number of halogens is 1.